The van der Waals surface area contributed by atoms with Crippen LogP contribution in [0.3, 0.4) is 0 Å². The second-order valence-corrected chi connectivity index (χ2v) is 16.7. The van der Waals surface area contributed by atoms with E-state index >= 15 is 4.79 Å². The summed E-state index contributed by atoms with van der Waals surface area (Å²) in [7, 11) is 0. The molecule has 0 aromatic heterocycles. The SMILES string of the molecule is CC(=O)OC1[C@H](O)C[C@H](O)[C@@]2(C)C(=O)[C@H](OC(C)=O)C3=C(C)[C@@H](OC(=O)[C@H](O)[C@@H](NC(=O)c4ccccc4)c4ccccc4)C[C@@](O)([C@@H](OC(=O)c4ccccc4)[C@H]12)C3(C)C. The maximum Gasteiger partial charge on any atom is 0.338 e. The van der Waals surface area contributed by atoms with Crippen molar-refractivity contribution in [1.82, 2.24) is 5.32 Å². The highest BCUT2D eigenvalue weighted by atomic mass is 16.6. The molecule has 0 aliphatic heterocycles. The van der Waals surface area contributed by atoms with E-state index in [1.807, 2.05) is 0 Å². The molecule has 324 valence electrons. The molecule has 0 saturated heterocycles. The van der Waals surface area contributed by atoms with Crippen molar-refractivity contribution >= 4 is 35.6 Å². The molecule has 2 bridgehead atoms. The number of Topliss-reactive ketones (excluding diaryl/α,β-unsaturated/α-hetero) is 1. The Hall–Kier alpha value is -5.74. The van der Waals surface area contributed by atoms with Crippen molar-refractivity contribution in [2.24, 2.45) is 16.7 Å². The van der Waals surface area contributed by atoms with Crippen LogP contribution in [0.25, 0.3) is 0 Å². The molecule has 0 heterocycles. The normalized spacial score (nSPS) is 30.3. The molecule has 1 unspecified atom stereocenters. The van der Waals surface area contributed by atoms with Gasteiger partial charge in [-0.15, -0.1) is 0 Å². The molecular weight excluding hydrogens is 790 g/mol. The molecule has 6 rings (SSSR count). The highest BCUT2D eigenvalue weighted by Gasteiger charge is 2.72. The van der Waals surface area contributed by atoms with Gasteiger partial charge in [0.2, 0.25) is 0 Å². The summed E-state index contributed by atoms with van der Waals surface area (Å²) in [6.45, 7) is 7.93. The summed E-state index contributed by atoms with van der Waals surface area (Å²) in [6.07, 6.45) is -13.5. The van der Waals surface area contributed by atoms with Crippen LogP contribution in [0.4, 0.5) is 0 Å². The fourth-order valence-electron chi connectivity index (χ4n) is 9.38. The zero-order valence-corrected chi connectivity index (χ0v) is 34.6. The lowest BCUT2D eigenvalue weighted by Gasteiger charge is -2.62. The smallest absolute Gasteiger partial charge is 0.338 e. The van der Waals surface area contributed by atoms with Gasteiger partial charge in [0.1, 0.15) is 23.9 Å². The summed E-state index contributed by atoms with van der Waals surface area (Å²) in [5.41, 5.74) is -5.61. The molecule has 0 radical (unpaired) electrons. The van der Waals surface area contributed by atoms with Crippen molar-refractivity contribution in [2.75, 3.05) is 0 Å². The average molecular weight is 842 g/mol. The predicted molar refractivity (Wildman–Crippen MR) is 215 cm³/mol. The Bertz CT molecular complexity index is 2190. The molecule has 61 heavy (non-hydrogen) atoms. The molecule has 2 saturated carbocycles. The number of aliphatic hydroxyl groups excluding tert-OH is 3. The van der Waals surface area contributed by atoms with E-state index in [1.54, 1.807) is 78.9 Å². The van der Waals surface area contributed by atoms with Gasteiger partial charge in [-0.05, 0) is 54.8 Å². The number of rotatable bonds is 10. The van der Waals surface area contributed by atoms with Crippen LogP contribution in [0.15, 0.2) is 102 Å². The molecule has 3 aliphatic rings. The number of hydrogen-bond donors (Lipinski definition) is 5. The number of ketones is 1. The lowest BCUT2D eigenvalue weighted by molar-refractivity contribution is -0.254. The summed E-state index contributed by atoms with van der Waals surface area (Å²) in [6, 6.07) is 22.6. The van der Waals surface area contributed by atoms with Crippen molar-refractivity contribution in [3.63, 3.8) is 0 Å². The second kappa shape index (κ2) is 17.3. The van der Waals surface area contributed by atoms with Crippen LogP contribution in [-0.4, -0.2) is 104 Å². The fourth-order valence-corrected chi connectivity index (χ4v) is 9.38. The minimum Gasteiger partial charge on any atom is -0.459 e. The van der Waals surface area contributed by atoms with E-state index in [1.165, 1.54) is 39.8 Å². The molecule has 3 aromatic rings. The van der Waals surface area contributed by atoms with Crippen LogP contribution < -0.4 is 5.32 Å². The Kier molecular flexibility index (Phi) is 12.7. The summed E-state index contributed by atoms with van der Waals surface area (Å²) >= 11 is 0. The highest BCUT2D eigenvalue weighted by Crippen LogP contribution is 2.60. The number of aliphatic hydroxyl groups is 4. The average Bonchev–Trinajstić information content (AvgIpc) is 3.22. The predicted octanol–water partition coefficient (Wildman–Crippen LogP) is 3.33. The van der Waals surface area contributed by atoms with Crippen LogP contribution in [0, 0.1) is 16.7 Å². The number of fused-ring (bicyclic) bond motifs is 3. The minimum atomic E-state index is -2.46. The largest absolute Gasteiger partial charge is 0.459 e. The van der Waals surface area contributed by atoms with E-state index in [4.69, 9.17) is 18.9 Å². The third-order valence-electron chi connectivity index (χ3n) is 12.7. The molecule has 3 aliphatic carbocycles. The molecule has 11 atom stereocenters. The lowest BCUT2D eigenvalue weighted by Crippen LogP contribution is -2.74. The first-order valence-electron chi connectivity index (χ1n) is 20.0. The van der Waals surface area contributed by atoms with Gasteiger partial charge in [0, 0.05) is 37.7 Å². The van der Waals surface area contributed by atoms with Gasteiger partial charge in [-0.1, -0.05) is 80.6 Å². The number of nitrogens with one attached hydrogen (secondary N) is 1. The molecule has 15 nitrogen and oxygen atoms in total. The van der Waals surface area contributed by atoms with Crippen molar-refractivity contribution in [1.29, 1.82) is 0 Å². The van der Waals surface area contributed by atoms with Crippen LogP contribution in [0.5, 0.6) is 0 Å². The van der Waals surface area contributed by atoms with Crippen LogP contribution in [-0.2, 0) is 38.1 Å². The van der Waals surface area contributed by atoms with Gasteiger partial charge in [0.15, 0.2) is 18.0 Å². The maximum absolute atomic E-state index is 15.3. The van der Waals surface area contributed by atoms with E-state index in [9.17, 15) is 44.4 Å². The number of carbonyl (C=O) groups excluding carboxylic acids is 6. The third-order valence-corrected chi connectivity index (χ3v) is 12.7. The molecular formula is C46H51NO14. The van der Waals surface area contributed by atoms with E-state index in [-0.39, 0.29) is 22.3 Å². The van der Waals surface area contributed by atoms with E-state index in [0.29, 0.717) is 5.56 Å². The van der Waals surface area contributed by atoms with Gasteiger partial charge in [-0.3, -0.25) is 19.2 Å². The monoisotopic (exact) mass is 841 g/mol. The number of esters is 4. The van der Waals surface area contributed by atoms with Crippen molar-refractivity contribution in [2.45, 2.75) is 109 Å². The van der Waals surface area contributed by atoms with Crippen LogP contribution in [0.1, 0.15) is 86.7 Å². The first-order valence-corrected chi connectivity index (χ1v) is 20.0. The Labute approximate surface area is 352 Å². The molecule has 5 N–H and O–H groups in total. The third kappa shape index (κ3) is 8.22. The van der Waals surface area contributed by atoms with Gasteiger partial charge in [-0.25, -0.2) is 9.59 Å². The quantitative estimate of drug-likeness (QED) is 0.112. The Balaban J connectivity index is 1.52. The van der Waals surface area contributed by atoms with Gasteiger partial charge in [0.25, 0.3) is 5.91 Å². The summed E-state index contributed by atoms with van der Waals surface area (Å²) in [5, 5.41) is 51.2. The number of carbonyl (C=O) groups is 6. The van der Waals surface area contributed by atoms with Gasteiger partial charge >= 0.3 is 23.9 Å². The number of ether oxygens (including phenoxy) is 4. The standard InChI is InChI=1S/C46H51NO14/c1-24-31(60-43(56)36(52)35(27-16-10-7-11-17-27)47-41(54)28-18-12-8-13-19-28)23-46(57)40(61-42(55)29-20-14-9-15-21-29)34-37(58-25(2)48)30(50)22-32(51)45(34,6)39(53)38(59-26(3)49)33(24)44(46,4)5/h7-21,30-32,34-38,40,50-52,57H,22-23H2,1-6H3,(H,47,54)/t30-,31+,32+,34+,35+,36-,37?,38-,40+,45-,46-/m1/s1. The molecule has 3 aromatic carbocycles. The first-order chi connectivity index (χ1) is 28.7. The zero-order valence-electron chi connectivity index (χ0n) is 34.6. The highest BCUT2D eigenvalue weighted by molar-refractivity contribution is 5.96. The summed E-state index contributed by atoms with van der Waals surface area (Å²) < 4.78 is 23.7. The van der Waals surface area contributed by atoms with E-state index < -0.39 is 120 Å². The van der Waals surface area contributed by atoms with Gasteiger partial charge in [-0.2, -0.15) is 0 Å². The summed E-state index contributed by atoms with van der Waals surface area (Å²) in [5.74, 6) is -7.34. The first kappa shape index (κ1) is 44.8. The Morgan fingerprint density at radius 3 is 1.87 bits per heavy atom. The second-order valence-electron chi connectivity index (χ2n) is 16.7. The zero-order chi connectivity index (χ0) is 44.6. The van der Waals surface area contributed by atoms with Crippen molar-refractivity contribution in [3.05, 3.63) is 119 Å². The number of hydrogen-bond acceptors (Lipinski definition) is 14. The Morgan fingerprint density at radius 2 is 1.31 bits per heavy atom. The molecule has 2 fully saturated rings. The summed E-state index contributed by atoms with van der Waals surface area (Å²) in [4.78, 5) is 82.6. The van der Waals surface area contributed by atoms with Crippen molar-refractivity contribution in [3.8, 4) is 0 Å². The van der Waals surface area contributed by atoms with E-state index in [2.05, 4.69) is 5.32 Å². The van der Waals surface area contributed by atoms with E-state index in [0.717, 1.165) is 13.8 Å². The number of amides is 1. The molecule has 15 heteroatoms. The van der Waals surface area contributed by atoms with Crippen LogP contribution in [0.2, 0.25) is 0 Å². The van der Waals surface area contributed by atoms with Gasteiger partial charge < -0.3 is 44.7 Å². The fraction of sp³-hybridized carbons (Fsp3) is 0.435. The van der Waals surface area contributed by atoms with Gasteiger partial charge in [0.05, 0.1) is 35.1 Å². The lowest BCUT2D eigenvalue weighted by atomic mass is 9.47. The Morgan fingerprint density at radius 1 is 0.770 bits per heavy atom. The molecule has 0 spiro atoms. The number of benzene rings is 3. The van der Waals surface area contributed by atoms with Crippen molar-refractivity contribution < 1.29 is 68.1 Å². The van der Waals surface area contributed by atoms with Crippen LogP contribution >= 0.6 is 0 Å². The molecule has 1 amide bonds. The minimum absolute atomic E-state index is 0.0242. The topological polar surface area (TPSA) is 232 Å². The maximum atomic E-state index is 15.3.